The molecule has 5 heteroatoms. The highest BCUT2D eigenvalue weighted by atomic mass is 79.9. The summed E-state index contributed by atoms with van der Waals surface area (Å²) in [5.41, 5.74) is 1.30. The van der Waals surface area contributed by atoms with Crippen molar-refractivity contribution in [2.24, 2.45) is 5.92 Å². The lowest BCUT2D eigenvalue weighted by atomic mass is 9.92. The van der Waals surface area contributed by atoms with Gasteiger partial charge in [-0.3, -0.25) is 9.69 Å². The molecule has 4 rings (SSSR count). The number of hydrogen-bond acceptors (Lipinski definition) is 3. The number of carboxylic acids is 1. The summed E-state index contributed by atoms with van der Waals surface area (Å²) in [6.07, 6.45) is 1.42. The number of rotatable bonds is 4. The van der Waals surface area contributed by atoms with Crippen LogP contribution in [0.25, 0.3) is 10.8 Å². The number of hydrogen-bond donors (Lipinski definition) is 1. The fourth-order valence-corrected chi connectivity index (χ4v) is 5.48. The molecular weight excluding hydrogens is 410 g/mol. The largest absolute Gasteiger partial charge is 0.481 e. The SMILES string of the molecule is O=C(O)C1CCN(C(c2ccc(Br)s2)c2cccc3ccccc23)CC1. The Morgan fingerprint density at radius 3 is 2.50 bits per heavy atom. The second kappa shape index (κ2) is 7.51. The van der Waals surface area contributed by atoms with Gasteiger partial charge < -0.3 is 5.11 Å². The first-order valence-corrected chi connectivity index (χ1v) is 10.4. The number of nitrogens with zero attached hydrogens (tertiary/aromatic N) is 1. The molecular formula is C21H20BrNO2S. The van der Waals surface area contributed by atoms with Gasteiger partial charge in [0.1, 0.15) is 0 Å². The van der Waals surface area contributed by atoms with Gasteiger partial charge in [-0.15, -0.1) is 11.3 Å². The summed E-state index contributed by atoms with van der Waals surface area (Å²) in [5.74, 6) is -0.875. The molecule has 1 saturated heterocycles. The van der Waals surface area contributed by atoms with Crippen LogP contribution in [0.5, 0.6) is 0 Å². The Morgan fingerprint density at radius 2 is 1.81 bits per heavy atom. The van der Waals surface area contributed by atoms with Gasteiger partial charge in [0.25, 0.3) is 0 Å². The van der Waals surface area contributed by atoms with Crippen LogP contribution >= 0.6 is 27.3 Å². The molecule has 0 spiro atoms. The van der Waals surface area contributed by atoms with Crippen molar-refractivity contribution in [3.63, 3.8) is 0 Å². The summed E-state index contributed by atoms with van der Waals surface area (Å²) in [6, 6.07) is 19.4. The third-order valence-corrected chi connectivity index (χ3v) is 6.90. The molecule has 1 aliphatic rings. The van der Waals surface area contributed by atoms with Crippen LogP contribution in [0.1, 0.15) is 29.3 Å². The van der Waals surface area contributed by atoms with Gasteiger partial charge in [0.2, 0.25) is 0 Å². The van der Waals surface area contributed by atoms with Crippen molar-refractivity contribution in [1.29, 1.82) is 0 Å². The fourth-order valence-electron chi connectivity index (χ4n) is 3.90. The molecule has 0 saturated carbocycles. The van der Waals surface area contributed by atoms with Crippen molar-refractivity contribution in [3.8, 4) is 0 Å². The van der Waals surface area contributed by atoms with Crippen LogP contribution in [0.4, 0.5) is 0 Å². The molecule has 1 aliphatic heterocycles. The maximum absolute atomic E-state index is 11.3. The predicted octanol–water partition coefficient (Wildman–Crippen LogP) is 5.55. The topological polar surface area (TPSA) is 40.5 Å². The van der Waals surface area contributed by atoms with Crippen LogP contribution in [0, 0.1) is 5.92 Å². The second-order valence-corrected chi connectivity index (χ2v) is 9.26. The van der Waals surface area contributed by atoms with Gasteiger partial charge in [-0.1, -0.05) is 42.5 Å². The number of carboxylic acid groups (broad SMARTS) is 1. The summed E-state index contributed by atoms with van der Waals surface area (Å²) < 4.78 is 1.12. The molecule has 0 amide bonds. The lowest BCUT2D eigenvalue weighted by Crippen LogP contribution is -2.39. The van der Waals surface area contributed by atoms with E-state index in [-0.39, 0.29) is 12.0 Å². The van der Waals surface area contributed by atoms with Crippen molar-refractivity contribution >= 4 is 44.0 Å². The molecule has 26 heavy (non-hydrogen) atoms. The van der Waals surface area contributed by atoms with Gasteiger partial charge in [0, 0.05) is 4.88 Å². The molecule has 1 fully saturated rings. The summed E-state index contributed by atoms with van der Waals surface area (Å²) in [7, 11) is 0. The number of aliphatic carboxylic acids is 1. The number of benzene rings is 2. The van der Waals surface area contributed by atoms with Crippen molar-refractivity contribution in [2.75, 3.05) is 13.1 Å². The maximum atomic E-state index is 11.3. The summed E-state index contributed by atoms with van der Waals surface area (Å²) >= 11 is 5.36. The Balaban J connectivity index is 1.76. The predicted molar refractivity (Wildman–Crippen MR) is 110 cm³/mol. The molecule has 1 N–H and O–H groups in total. The first-order valence-electron chi connectivity index (χ1n) is 8.83. The Labute approximate surface area is 165 Å². The van der Waals surface area contributed by atoms with E-state index in [1.165, 1.54) is 21.2 Å². The molecule has 3 nitrogen and oxygen atoms in total. The maximum Gasteiger partial charge on any atom is 0.306 e. The fraction of sp³-hybridized carbons (Fsp3) is 0.286. The first-order chi connectivity index (χ1) is 12.6. The third kappa shape index (κ3) is 3.43. The lowest BCUT2D eigenvalue weighted by Gasteiger charge is -2.36. The van der Waals surface area contributed by atoms with Crippen molar-refractivity contribution in [1.82, 2.24) is 4.90 Å². The lowest BCUT2D eigenvalue weighted by molar-refractivity contribution is -0.143. The highest BCUT2D eigenvalue weighted by molar-refractivity contribution is 9.11. The van der Waals surface area contributed by atoms with E-state index < -0.39 is 5.97 Å². The minimum absolute atomic E-state index is 0.159. The minimum Gasteiger partial charge on any atom is -0.481 e. The van der Waals surface area contributed by atoms with Crippen molar-refractivity contribution < 1.29 is 9.90 Å². The average molecular weight is 430 g/mol. The number of thiophene rings is 1. The van der Waals surface area contributed by atoms with Gasteiger partial charge >= 0.3 is 5.97 Å². The monoisotopic (exact) mass is 429 g/mol. The quantitative estimate of drug-likeness (QED) is 0.590. The molecule has 2 aromatic carbocycles. The molecule has 1 aromatic heterocycles. The molecule has 2 heterocycles. The standard InChI is InChI=1S/C21H20BrNO2S/c22-19-9-8-18(26-19)20(23-12-10-15(11-13-23)21(24)25)17-7-3-5-14-4-1-2-6-16(14)17/h1-9,15,20H,10-13H2,(H,24,25). The van der Waals surface area contributed by atoms with E-state index >= 15 is 0 Å². The molecule has 1 unspecified atom stereocenters. The summed E-state index contributed by atoms with van der Waals surface area (Å²) in [5, 5.41) is 11.8. The molecule has 0 aliphatic carbocycles. The second-order valence-electron chi connectivity index (χ2n) is 6.76. The molecule has 1 atom stereocenters. The number of carbonyl (C=O) groups is 1. The van der Waals surface area contributed by atoms with Crippen LogP contribution in [0.15, 0.2) is 58.4 Å². The third-order valence-electron chi connectivity index (χ3n) is 5.23. The number of piperidine rings is 1. The number of halogens is 1. The first kappa shape index (κ1) is 17.7. The van der Waals surface area contributed by atoms with Gasteiger partial charge in [0.05, 0.1) is 15.7 Å². The summed E-state index contributed by atoms with van der Waals surface area (Å²) in [6.45, 7) is 1.61. The Bertz CT molecular complexity index is 925. The van der Waals surface area contributed by atoms with E-state index in [1.807, 2.05) is 0 Å². The smallest absolute Gasteiger partial charge is 0.306 e. The molecule has 134 valence electrons. The zero-order valence-electron chi connectivity index (χ0n) is 14.3. The van der Waals surface area contributed by atoms with Crippen LogP contribution in [-0.2, 0) is 4.79 Å². The van der Waals surface area contributed by atoms with Crippen LogP contribution in [-0.4, -0.2) is 29.1 Å². The minimum atomic E-state index is -0.662. The highest BCUT2D eigenvalue weighted by Crippen LogP contribution is 2.39. The average Bonchev–Trinajstić information content (AvgIpc) is 3.08. The Kier molecular flexibility index (Phi) is 5.11. The molecule has 0 radical (unpaired) electrons. The normalized spacial score (nSPS) is 17.4. The van der Waals surface area contributed by atoms with Gasteiger partial charge in [-0.25, -0.2) is 0 Å². The van der Waals surface area contributed by atoms with E-state index in [9.17, 15) is 9.90 Å². The van der Waals surface area contributed by atoms with E-state index in [2.05, 4.69) is 75.4 Å². The van der Waals surface area contributed by atoms with Gasteiger partial charge in [-0.05, 0) is 70.3 Å². The number of fused-ring (bicyclic) bond motifs is 1. The zero-order valence-corrected chi connectivity index (χ0v) is 16.7. The van der Waals surface area contributed by atoms with Crippen molar-refractivity contribution in [2.45, 2.75) is 18.9 Å². The van der Waals surface area contributed by atoms with Gasteiger partial charge in [-0.2, -0.15) is 0 Å². The van der Waals surface area contributed by atoms with E-state index in [0.29, 0.717) is 12.8 Å². The van der Waals surface area contributed by atoms with E-state index in [0.717, 1.165) is 16.9 Å². The number of likely N-dealkylation sites (tertiary alicyclic amines) is 1. The highest BCUT2D eigenvalue weighted by Gasteiger charge is 2.31. The van der Waals surface area contributed by atoms with Gasteiger partial charge in [0.15, 0.2) is 0 Å². The van der Waals surface area contributed by atoms with E-state index in [1.54, 1.807) is 11.3 Å². The van der Waals surface area contributed by atoms with Crippen LogP contribution in [0.3, 0.4) is 0 Å². The Morgan fingerprint density at radius 1 is 1.08 bits per heavy atom. The van der Waals surface area contributed by atoms with Crippen LogP contribution in [0.2, 0.25) is 0 Å². The van der Waals surface area contributed by atoms with Crippen molar-refractivity contribution in [3.05, 3.63) is 68.8 Å². The molecule has 3 aromatic rings. The van der Waals surface area contributed by atoms with E-state index in [4.69, 9.17) is 0 Å². The Hall–Kier alpha value is -1.69. The zero-order chi connectivity index (χ0) is 18.1. The van der Waals surface area contributed by atoms with Crippen LogP contribution < -0.4 is 0 Å². The summed E-state index contributed by atoms with van der Waals surface area (Å²) in [4.78, 5) is 15.1. The molecule has 0 bridgehead atoms.